The summed E-state index contributed by atoms with van der Waals surface area (Å²) in [5.41, 5.74) is 0.580. The summed E-state index contributed by atoms with van der Waals surface area (Å²) in [6, 6.07) is 15.9. The molecular weight excluding hydrogens is 334 g/mol. The minimum atomic E-state index is -0.693. The molecule has 0 saturated heterocycles. The number of hydrogen-bond acceptors (Lipinski definition) is 5. The van der Waals surface area contributed by atoms with E-state index in [0.29, 0.717) is 29.4 Å². The molecule has 26 heavy (non-hydrogen) atoms. The number of carbonyl (C=O) groups excluding carboxylic acids is 1. The maximum absolute atomic E-state index is 12.1. The van der Waals surface area contributed by atoms with Gasteiger partial charge in [0.05, 0.1) is 12.0 Å². The lowest BCUT2D eigenvalue weighted by Crippen LogP contribution is -2.26. The number of pyridine rings is 1. The Kier molecular flexibility index (Phi) is 5.22. The number of hydrogen-bond donors (Lipinski definition) is 0. The SMILES string of the molecule is CCOC(=O)C(C)Oc1ccc(Oc2cc3ccccc3[n+]([O-])c2)cc1. The number of fused-ring (bicyclic) bond motifs is 1. The van der Waals surface area contributed by atoms with Gasteiger partial charge in [0.2, 0.25) is 11.7 Å². The van der Waals surface area contributed by atoms with Crippen molar-refractivity contribution < 1.29 is 23.7 Å². The van der Waals surface area contributed by atoms with Gasteiger partial charge < -0.3 is 19.4 Å². The molecule has 1 heterocycles. The van der Waals surface area contributed by atoms with E-state index in [1.54, 1.807) is 50.2 Å². The fraction of sp³-hybridized carbons (Fsp3) is 0.200. The first-order valence-electron chi connectivity index (χ1n) is 8.30. The molecule has 0 spiro atoms. The molecule has 6 heteroatoms. The van der Waals surface area contributed by atoms with E-state index in [-0.39, 0.29) is 0 Å². The van der Waals surface area contributed by atoms with Gasteiger partial charge in [0.15, 0.2) is 11.9 Å². The van der Waals surface area contributed by atoms with E-state index in [1.165, 1.54) is 6.20 Å². The summed E-state index contributed by atoms with van der Waals surface area (Å²) in [6.45, 7) is 3.68. The van der Waals surface area contributed by atoms with E-state index in [1.807, 2.05) is 18.2 Å². The molecule has 0 saturated carbocycles. The Bertz CT molecular complexity index is 908. The molecule has 3 rings (SSSR count). The van der Waals surface area contributed by atoms with Gasteiger partial charge in [0.1, 0.15) is 11.5 Å². The Morgan fingerprint density at radius 2 is 1.77 bits per heavy atom. The molecule has 0 amide bonds. The molecule has 1 unspecified atom stereocenters. The normalized spacial score (nSPS) is 11.8. The van der Waals surface area contributed by atoms with E-state index in [9.17, 15) is 10.0 Å². The molecule has 0 radical (unpaired) electrons. The van der Waals surface area contributed by atoms with Gasteiger partial charge >= 0.3 is 5.97 Å². The number of esters is 1. The zero-order valence-corrected chi connectivity index (χ0v) is 14.5. The number of ether oxygens (including phenoxy) is 3. The second-order valence-corrected chi connectivity index (χ2v) is 5.65. The van der Waals surface area contributed by atoms with Gasteiger partial charge in [-0.05, 0) is 44.2 Å². The molecule has 0 aliphatic rings. The maximum atomic E-state index is 12.1. The highest BCUT2D eigenvalue weighted by atomic mass is 16.6. The van der Waals surface area contributed by atoms with Crippen molar-refractivity contribution in [2.75, 3.05) is 6.61 Å². The van der Waals surface area contributed by atoms with Crippen molar-refractivity contribution in [2.24, 2.45) is 0 Å². The highest BCUT2D eigenvalue weighted by molar-refractivity contribution is 5.76. The van der Waals surface area contributed by atoms with Crippen molar-refractivity contribution in [3.63, 3.8) is 0 Å². The van der Waals surface area contributed by atoms with Crippen LogP contribution in [0, 0.1) is 5.21 Å². The van der Waals surface area contributed by atoms with E-state index < -0.39 is 12.1 Å². The molecule has 0 aliphatic heterocycles. The monoisotopic (exact) mass is 353 g/mol. The Morgan fingerprint density at radius 1 is 1.08 bits per heavy atom. The highest BCUT2D eigenvalue weighted by Gasteiger charge is 2.15. The van der Waals surface area contributed by atoms with Crippen LogP contribution in [0.25, 0.3) is 10.9 Å². The summed E-state index contributed by atoms with van der Waals surface area (Å²) in [6.07, 6.45) is 0.692. The van der Waals surface area contributed by atoms with Crippen LogP contribution < -0.4 is 14.2 Å². The van der Waals surface area contributed by atoms with Crippen LogP contribution in [0.1, 0.15) is 13.8 Å². The molecule has 6 nitrogen and oxygen atoms in total. The van der Waals surface area contributed by atoms with Crippen LogP contribution in [0.2, 0.25) is 0 Å². The Morgan fingerprint density at radius 3 is 2.50 bits per heavy atom. The van der Waals surface area contributed by atoms with Crippen molar-refractivity contribution in [1.82, 2.24) is 0 Å². The third-order valence-corrected chi connectivity index (χ3v) is 3.71. The highest BCUT2D eigenvalue weighted by Crippen LogP contribution is 2.25. The molecule has 0 fully saturated rings. The van der Waals surface area contributed by atoms with E-state index in [4.69, 9.17) is 14.2 Å². The first-order valence-corrected chi connectivity index (χ1v) is 8.30. The lowest BCUT2D eigenvalue weighted by Gasteiger charge is -2.13. The smallest absolute Gasteiger partial charge is 0.347 e. The topological polar surface area (TPSA) is 71.7 Å². The lowest BCUT2D eigenvalue weighted by atomic mass is 10.2. The van der Waals surface area contributed by atoms with Crippen LogP contribution in [0.5, 0.6) is 17.2 Å². The quantitative estimate of drug-likeness (QED) is 0.385. The van der Waals surface area contributed by atoms with Crippen molar-refractivity contribution in [1.29, 1.82) is 0 Å². The van der Waals surface area contributed by atoms with Crippen LogP contribution in [0.3, 0.4) is 0 Å². The number of aromatic nitrogens is 1. The zero-order chi connectivity index (χ0) is 18.5. The third kappa shape index (κ3) is 4.03. The molecule has 0 N–H and O–H groups in total. The van der Waals surface area contributed by atoms with E-state index in [2.05, 4.69) is 0 Å². The third-order valence-electron chi connectivity index (χ3n) is 3.71. The molecule has 134 valence electrons. The van der Waals surface area contributed by atoms with Crippen LogP contribution in [-0.4, -0.2) is 18.7 Å². The summed E-state index contributed by atoms with van der Waals surface area (Å²) in [7, 11) is 0. The number of benzene rings is 2. The van der Waals surface area contributed by atoms with Crippen molar-refractivity contribution in [3.05, 3.63) is 66.0 Å². The zero-order valence-electron chi connectivity index (χ0n) is 14.5. The summed E-state index contributed by atoms with van der Waals surface area (Å²) in [4.78, 5) is 11.6. The molecule has 1 atom stereocenters. The average molecular weight is 353 g/mol. The van der Waals surface area contributed by atoms with Gasteiger partial charge in [0.25, 0.3) is 0 Å². The first-order chi connectivity index (χ1) is 12.6. The maximum Gasteiger partial charge on any atom is 0.347 e. The van der Waals surface area contributed by atoms with Gasteiger partial charge in [-0.3, -0.25) is 0 Å². The van der Waals surface area contributed by atoms with Crippen molar-refractivity contribution >= 4 is 16.9 Å². The van der Waals surface area contributed by atoms with E-state index in [0.717, 1.165) is 10.1 Å². The van der Waals surface area contributed by atoms with Crippen LogP contribution in [0.4, 0.5) is 0 Å². The molecule has 0 aliphatic carbocycles. The van der Waals surface area contributed by atoms with Gasteiger partial charge in [-0.25, -0.2) is 4.79 Å². The number of carbonyl (C=O) groups is 1. The largest absolute Gasteiger partial charge is 0.618 e. The van der Waals surface area contributed by atoms with Gasteiger partial charge in [-0.2, -0.15) is 4.73 Å². The van der Waals surface area contributed by atoms with Crippen molar-refractivity contribution in [2.45, 2.75) is 20.0 Å². The number of nitrogens with zero attached hydrogens (tertiary/aromatic N) is 1. The second kappa shape index (κ2) is 7.74. The molecule has 2 aromatic carbocycles. The van der Waals surface area contributed by atoms with Gasteiger partial charge in [-0.1, -0.05) is 12.1 Å². The van der Waals surface area contributed by atoms with E-state index >= 15 is 0 Å². The van der Waals surface area contributed by atoms with Crippen LogP contribution >= 0.6 is 0 Å². The average Bonchev–Trinajstić information content (AvgIpc) is 2.63. The predicted molar refractivity (Wildman–Crippen MR) is 96.1 cm³/mol. The predicted octanol–water partition coefficient (Wildman–Crippen LogP) is 3.60. The first kappa shape index (κ1) is 17.5. The summed E-state index contributed by atoms with van der Waals surface area (Å²) in [5, 5.41) is 12.8. The summed E-state index contributed by atoms with van der Waals surface area (Å²) < 4.78 is 17.0. The van der Waals surface area contributed by atoms with Crippen LogP contribution in [0.15, 0.2) is 60.8 Å². The summed E-state index contributed by atoms with van der Waals surface area (Å²) in [5.74, 6) is 1.10. The van der Waals surface area contributed by atoms with Crippen LogP contribution in [-0.2, 0) is 9.53 Å². The lowest BCUT2D eigenvalue weighted by molar-refractivity contribution is -0.577. The fourth-order valence-electron chi connectivity index (χ4n) is 2.48. The number of para-hydroxylation sites is 1. The second-order valence-electron chi connectivity index (χ2n) is 5.65. The number of rotatable bonds is 6. The molecular formula is C20H19NO5. The molecule has 0 bridgehead atoms. The Hall–Kier alpha value is -3.28. The molecule has 1 aromatic heterocycles. The van der Waals surface area contributed by atoms with Gasteiger partial charge in [0, 0.05) is 12.1 Å². The standard InChI is InChI=1S/C20H19NO5/c1-3-24-20(22)14(2)25-16-8-10-17(11-9-16)26-18-12-15-6-4-5-7-19(15)21(23)13-18/h4-14H,3H2,1-2H3. The molecule has 3 aromatic rings. The Balaban J connectivity index is 1.70. The Labute approximate surface area is 151 Å². The minimum Gasteiger partial charge on any atom is -0.618 e. The fourth-order valence-corrected chi connectivity index (χ4v) is 2.48. The summed E-state index contributed by atoms with van der Waals surface area (Å²) >= 11 is 0. The minimum absolute atomic E-state index is 0.310. The van der Waals surface area contributed by atoms with Gasteiger partial charge in [-0.15, -0.1) is 0 Å². The van der Waals surface area contributed by atoms with Crippen molar-refractivity contribution in [3.8, 4) is 17.2 Å².